The van der Waals surface area contributed by atoms with Crippen LogP contribution < -0.4 is 5.32 Å². The summed E-state index contributed by atoms with van der Waals surface area (Å²) in [6, 6.07) is 12.3. The lowest BCUT2D eigenvalue weighted by Gasteiger charge is -2.24. The molecule has 1 aliphatic heterocycles. The Hall–Kier alpha value is -2.93. The van der Waals surface area contributed by atoms with Crippen LogP contribution in [0.5, 0.6) is 0 Å². The second kappa shape index (κ2) is 8.18. The van der Waals surface area contributed by atoms with Gasteiger partial charge in [-0.15, -0.1) is 0 Å². The molecular weight excluding hydrogens is 370 g/mol. The molecule has 1 atom stereocenters. The van der Waals surface area contributed by atoms with Gasteiger partial charge >= 0.3 is 0 Å². The van der Waals surface area contributed by atoms with Crippen molar-refractivity contribution in [2.45, 2.75) is 25.4 Å². The zero-order valence-corrected chi connectivity index (χ0v) is 15.2. The molecule has 0 bridgehead atoms. The van der Waals surface area contributed by atoms with Crippen molar-refractivity contribution >= 4 is 29.1 Å². The minimum atomic E-state index is -0.635. The normalized spacial score (nSPS) is 16.2. The first kappa shape index (κ1) is 18.8. The molecule has 2 aromatic carbocycles. The maximum absolute atomic E-state index is 12.8. The van der Waals surface area contributed by atoms with E-state index in [9.17, 15) is 19.7 Å². The molecule has 0 radical (unpaired) electrons. The fourth-order valence-corrected chi connectivity index (χ4v) is 3.29. The molecule has 1 N–H and O–H groups in total. The van der Waals surface area contributed by atoms with E-state index in [0.29, 0.717) is 31.0 Å². The van der Waals surface area contributed by atoms with Gasteiger partial charge in [0.2, 0.25) is 5.91 Å². The standard InChI is InChI=1S/C19H18ClN3O4/c20-14-9-7-13(8-10-14)12-21-18(24)17-6-3-11-22(17)19(25)15-4-1-2-5-16(15)23(26)27/h1-2,4-5,7-10,17H,3,6,11-12H2,(H,21,24). The van der Waals surface area contributed by atoms with E-state index in [4.69, 9.17) is 11.6 Å². The zero-order chi connectivity index (χ0) is 19.4. The quantitative estimate of drug-likeness (QED) is 0.630. The van der Waals surface area contributed by atoms with Gasteiger partial charge in [-0.1, -0.05) is 35.9 Å². The molecule has 0 aromatic heterocycles. The summed E-state index contributed by atoms with van der Waals surface area (Å²) in [5.41, 5.74) is 0.636. The van der Waals surface area contributed by atoms with Crippen molar-refractivity contribution in [3.05, 3.63) is 74.8 Å². The van der Waals surface area contributed by atoms with Gasteiger partial charge in [0, 0.05) is 24.2 Å². The lowest BCUT2D eigenvalue weighted by Crippen LogP contribution is -2.45. The number of nitro benzene ring substituents is 1. The molecule has 3 rings (SSSR count). The highest BCUT2D eigenvalue weighted by atomic mass is 35.5. The van der Waals surface area contributed by atoms with E-state index < -0.39 is 16.9 Å². The van der Waals surface area contributed by atoms with E-state index in [1.807, 2.05) is 12.1 Å². The molecule has 0 spiro atoms. The number of carbonyl (C=O) groups excluding carboxylic acids is 2. The smallest absolute Gasteiger partial charge is 0.282 e. The van der Waals surface area contributed by atoms with Crippen molar-refractivity contribution in [1.82, 2.24) is 10.2 Å². The third-order valence-corrected chi connectivity index (χ3v) is 4.78. The molecule has 8 heteroatoms. The molecule has 27 heavy (non-hydrogen) atoms. The topological polar surface area (TPSA) is 92.6 Å². The Bertz CT molecular complexity index is 870. The van der Waals surface area contributed by atoms with E-state index in [0.717, 1.165) is 5.56 Å². The number of amides is 2. The van der Waals surface area contributed by atoms with Crippen molar-refractivity contribution in [2.24, 2.45) is 0 Å². The summed E-state index contributed by atoms with van der Waals surface area (Å²) in [5, 5.41) is 14.6. The Morgan fingerprint density at radius 3 is 2.59 bits per heavy atom. The highest BCUT2D eigenvalue weighted by Crippen LogP contribution is 2.25. The Morgan fingerprint density at radius 1 is 1.19 bits per heavy atom. The fraction of sp³-hybridized carbons (Fsp3) is 0.263. The summed E-state index contributed by atoms with van der Waals surface area (Å²) in [6.07, 6.45) is 1.20. The summed E-state index contributed by atoms with van der Waals surface area (Å²) < 4.78 is 0. The van der Waals surface area contributed by atoms with Gasteiger partial charge in [-0.25, -0.2) is 0 Å². The number of para-hydroxylation sites is 1. The van der Waals surface area contributed by atoms with Gasteiger partial charge in [-0.2, -0.15) is 0 Å². The number of hydrogen-bond acceptors (Lipinski definition) is 4. The van der Waals surface area contributed by atoms with Crippen molar-refractivity contribution in [1.29, 1.82) is 0 Å². The second-order valence-electron chi connectivity index (χ2n) is 6.28. The highest BCUT2D eigenvalue weighted by Gasteiger charge is 2.36. The average molecular weight is 388 g/mol. The first-order valence-electron chi connectivity index (χ1n) is 8.54. The molecule has 1 unspecified atom stereocenters. The molecule has 1 heterocycles. The Labute approximate surface area is 161 Å². The fourth-order valence-electron chi connectivity index (χ4n) is 3.16. The molecule has 1 saturated heterocycles. The number of rotatable bonds is 5. The Kier molecular flexibility index (Phi) is 5.71. The van der Waals surface area contributed by atoms with Gasteiger partial charge in [0.1, 0.15) is 11.6 Å². The summed E-state index contributed by atoms with van der Waals surface area (Å²) in [5.74, 6) is -0.763. The summed E-state index contributed by atoms with van der Waals surface area (Å²) in [6.45, 7) is 0.712. The van der Waals surface area contributed by atoms with Crippen LogP contribution in [0, 0.1) is 10.1 Å². The predicted octanol–water partition coefficient (Wildman–Crippen LogP) is 3.17. The third kappa shape index (κ3) is 4.25. The van der Waals surface area contributed by atoms with E-state index in [2.05, 4.69) is 5.32 Å². The van der Waals surface area contributed by atoms with Crippen molar-refractivity contribution in [2.75, 3.05) is 6.54 Å². The number of nitrogens with zero attached hydrogens (tertiary/aromatic N) is 2. The number of likely N-dealkylation sites (tertiary alicyclic amines) is 1. The number of halogens is 1. The number of hydrogen-bond donors (Lipinski definition) is 1. The molecular formula is C19H18ClN3O4. The minimum absolute atomic E-state index is 0.0000914. The molecule has 140 valence electrons. The van der Waals surface area contributed by atoms with E-state index in [1.165, 1.54) is 23.1 Å². The van der Waals surface area contributed by atoms with Crippen LogP contribution in [0.1, 0.15) is 28.8 Å². The average Bonchev–Trinajstić information content (AvgIpc) is 3.16. The van der Waals surface area contributed by atoms with Crippen LogP contribution in [-0.4, -0.2) is 34.2 Å². The third-order valence-electron chi connectivity index (χ3n) is 4.53. The van der Waals surface area contributed by atoms with Crippen LogP contribution in [0.15, 0.2) is 48.5 Å². The van der Waals surface area contributed by atoms with E-state index >= 15 is 0 Å². The molecule has 0 saturated carbocycles. The predicted molar refractivity (Wildman–Crippen MR) is 100 cm³/mol. The molecule has 2 amide bonds. The van der Waals surface area contributed by atoms with Gasteiger partial charge in [0.25, 0.3) is 11.6 Å². The molecule has 1 fully saturated rings. The SMILES string of the molecule is O=C(NCc1ccc(Cl)cc1)C1CCCN1C(=O)c1ccccc1[N+](=O)[O-]. The van der Waals surface area contributed by atoms with Crippen LogP contribution in [0.2, 0.25) is 5.02 Å². The van der Waals surface area contributed by atoms with Crippen LogP contribution in [-0.2, 0) is 11.3 Å². The number of nitro groups is 1. The maximum atomic E-state index is 12.8. The highest BCUT2D eigenvalue weighted by molar-refractivity contribution is 6.30. The zero-order valence-electron chi connectivity index (χ0n) is 14.4. The summed E-state index contributed by atoms with van der Waals surface area (Å²) in [4.78, 5) is 37.4. The lowest BCUT2D eigenvalue weighted by molar-refractivity contribution is -0.385. The number of carbonyl (C=O) groups is 2. The monoisotopic (exact) mass is 387 g/mol. The number of benzene rings is 2. The Morgan fingerprint density at radius 2 is 1.89 bits per heavy atom. The van der Waals surface area contributed by atoms with Crippen LogP contribution >= 0.6 is 11.6 Å². The minimum Gasteiger partial charge on any atom is -0.350 e. The van der Waals surface area contributed by atoms with E-state index in [-0.39, 0.29) is 17.2 Å². The van der Waals surface area contributed by atoms with Crippen LogP contribution in [0.25, 0.3) is 0 Å². The second-order valence-corrected chi connectivity index (χ2v) is 6.71. The van der Waals surface area contributed by atoms with Crippen LogP contribution in [0.4, 0.5) is 5.69 Å². The van der Waals surface area contributed by atoms with Crippen molar-refractivity contribution < 1.29 is 14.5 Å². The first-order valence-corrected chi connectivity index (χ1v) is 8.91. The Balaban J connectivity index is 1.71. The maximum Gasteiger partial charge on any atom is 0.282 e. The summed E-state index contributed by atoms with van der Waals surface area (Å²) in [7, 11) is 0. The molecule has 0 aliphatic carbocycles. The first-order chi connectivity index (χ1) is 13.0. The largest absolute Gasteiger partial charge is 0.350 e. The van der Waals surface area contributed by atoms with Crippen LogP contribution in [0.3, 0.4) is 0 Å². The number of nitrogens with one attached hydrogen (secondary N) is 1. The molecule has 7 nitrogen and oxygen atoms in total. The summed E-state index contributed by atoms with van der Waals surface area (Å²) >= 11 is 5.85. The van der Waals surface area contributed by atoms with Crippen molar-refractivity contribution in [3.8, 4) is 0 Å². The van der Waals surface area contributed by atoms with Gasteiger partial charge < -0.3 is 10.2 Å². The van der Waals surface area contributed by atoms with Gasteiger partial charge in [-0.3, -0.25) is 19.7 Å². The van der Waals surface area contributed by atoms with Gasteiger partial charge in [-0.05, 0) is 36.6 Å². The molecule has 1 aliphatic rings. The van der Waals surface area contributed by atoms with Crippen molar-refractivity contribution in [3.63, 3.8) is 0 Å². The van der Waals surface area contributed by atoms with Gasteiger partial charge in [0.15, 0.2) is 0 Å². The molecule has 2 aromatic rings. The van der Waals surface area contributed by atoms with E-state index in [1.54, 1.807) is 18.2 Å². The lowest BCUT2D eigenvalue weighted by atomic mass is 10.1. The van der Waals surface area contributed by atoms with Gasteiger partial charge in [0.05, 0.1) is 4.92 Å².